The van der Waals surface area contributed by atoms with Crippen molar-refractivity contribution in [3.05, 3.63) is 47.3 Å². The Morgan fingerprint density at radius 3 is 2.50 bits per heavy atom. The molecule has 1 aromatic carbocycles. The molecule has 1 N–H and O–H groups in total. The molecule has 0 unspecified atom stereocenters. The first-order valence-electron chi connectivity index (χ1n) is 7.49. The van der Waals surface area contributed by atoms with Crippen molar-refractivity contribution in [2.75, 3.05) is 6.61 Å². The molecular formula is C17H20F3NO3. The van der Waals surface area contributed by atoms with Crippen molar-refractivity contribution in [3.63, 3.8) is 0 Å². The first kappa shape index (κ1) is 18.3. The molecule has 0 aliphatic carbocycles. The van der Waals surface area contributed by atoms with Crippen LogP contribution < -0.4 is 5.32 Å². The molecule has 0 saturated carbocycles. The summed E-state index contributed by atoms with van der Waals surface area (Å²) in [6.07, 6.45) is -1.38. The normalized spacial score (nSPS) is 21.5. The van der Waals surface area contributed by atoms with E-state index in [-0.39, 0.29) is 12.2 Å². The van der Waals surface area contributed by atoms with Crippen molar-refractivity contribution in [2.24, 2.45) is 0 Å². The minimum atomic E-state index is -1.28. The van der Waals surface area contributed by atoms with E-state index in [1.54, 1.807) is 20.8 Å². The van der Waals surface area contributed by atoms with Crippen LogP contribution in [0.25, 0.3) is 0 Å². The number of carbonyl (C=O) groups is 1. The molecule has 1 fully saturated rings. The van der Waals surface area contributed by atoms with Gasteiger partial charge in [-0.05, 0) is 38.8 Å². The topological polar surface area (TPSA) is 47.6 Å². The lowest BCUT2D eigenvalue weighted by Crippen LogP contribution is -2.45. The van der Waals surface area contributed by atoms with E-state index in [9.17, 15) is 18.0 Å². The Hall–Kier alpha value is -2.02. The highest BCUT2D eigenvalue weighted by Crippen LogP contribution is 2.33. The molecular weight excluding hydrogens is 323 g/mol. The van der Waals surface area contributed by atoms with Crippen LogP contribution in [-0.4, -0.2) is 24.3 Å². The first-order valence-corrected chi connectivity index (χ1v) is 7.49. The Morgan fingerprint density at radius 1 is 1.25 bits per heavy atom. The maximum absolute atomic E-state index is 14.0. The van der Waals surface area contributed by atoms with Gasteiger partial charge in [0.1, 0.15) is 17.5 Å². The fourth-order valence-corrected chi connectivity index (χ4v) is 2.45. The van der Waals surface area contributed by atoms with Gasteiger partial charge in [0.25, 0.3) is 0 Å². The largest absolute Gasteiger partial charge is 0.444 e. The molecule has 1 aliphatic rings. The summed E-state index contributed by atoms with van der Waals surface area (Å²) in [6.45, 7) is 9.03. The average Bonchev–Trinajstić information content (AvgIpc) is 2.41. The first-order chi connectivity index (χ1) is 11.1. The van der Waals surface area contributed by atoms with Gasteiger partial charge in [0, 0.05) is 11.6 Å². The van der Waals surface area contributed by atoms with Gasteiger partial charge in [0.05, 0.1) is 12.6 Å². The second-order valence-electron chi connectivity index (χ2n) is 6.73. The number of amides is 1. The summed E-state index contributed by atoms with van der Waals surface area (Å²) >= 11 is 0. The van der Waals surface area contributed by atoms with Crippen molar-refractivity contribution in [3.8, 4) is 0 Å². The van der Waals surface area contributed by atoms with Crippen LogP contribution in [-0.2, 0) is 9.47 Å². The van der Waals surface area contributed by atoms with Crippen LogP contribution in [0.15, 0.2) is 24.3 Å². The summed E-state index contributed by atoms with van der Waals surface area (Å²) in [7, 11) is 0. The van der Waals surface area contributed by atoms with Gasteiger partial charge in [-0.2, -0.15) is 0 Å². The molecule has 0 radical (unpaired) electrons. The van der Waals surface area contributed by atoms with E-state index in [2.05, 4.69) is 11.9 Å². The number of carbonyl (C=O) groups excluding carboxylic acids is 1. The van der Waals surface area contributed by atoms with Crippen molar-refractivity contribution in [2.45, 2.75) is 44.9 Å². The number of hydrogen-bond donors (Lipinski definition) is 1. The Kier molecular flexibility index (Phi) is 5.22. The third kappa shape index (κ3) is 4.50. The summed E-state index contributed by atoms with van der Waals surface area (Å²) in [4.78, 5) is 12.0. The third-order valence-corrected chi connectivity index (χ3v) is 3.39. The molecule has 0 aromatic heterocycles. The molecule has 1 aromatic rings. The molecule has 2 atom stereocenters. The maximum Gasteiger partial charge on any atom is 0.407 e. The Bertz CT molecular complexity index is 655. The lowest BCUT2D eigenvalue weighted by Gasteiger charge is -2.34. The van der Waals surface area contributed by atoms with Crippen LogP contribution in [0.1, 0.15) is 38.9 Å². The fraction of sp³-hybridized carbons (Fsp3) is 0.471. The molecule has 0 bridgehead atoms. The average molecular weight is 343 g/mol. The zero-order valence-electron chi connectivity index (χ0n) is 13.8. The second-order valence-corrected chi connectivity index (χ2v) is 6.73. The number of halogens is 3. The standard InChI is InChI=1S/C17H20F3NO3/c1-9-5-14(21-16(22)24-17(2,3)4)15(23-8-9)10-6-12(19)13(20)7-11(10)18/h6-7,14-15H,1,5,8H2,2-4H3,(H,21,22)/t14-,15+/m0/s1. The predicted octanol–water partition coefficient (Wildman–Crippen LogP) is 4.01. The number of ether oxygens (including phenoxy) is 2. The maximum atomic E-state index is 14.0. The molecule has 2 rings (SSSR count). The number of hydrogen-bond acceptors (Lipinski definition) is 3. The second kappa shape index (κ2) is 6.84. The summed E-state index contributed by atoms with van der Waals surface area (Å²) in [5, 5.41) is 2.59. The molecule has 1 amide bonds. The zero-order valence-corrected chi connectivity index (χ0v) is 13.8. The van der Waals surface area contributed by atoms with E-state index < -0.39 is 41.3 Å². The summed E-state index contributed by atoms with van der Waals surface area (Å²) in [5.74, 6) is -3.41. The van der Waals surface area contributed by atoms with Crippen LogP contribution in [0, 0.1) is 17.5 Å². The predicted molar refractivity (Wildman–Crippen MR) is 81.9 cm³/mol. The van der Waals surface area contributed by atoms with Gasteiger partial charge in [-0.25, -0.2) is 18.0 Å². The van der Waals surface area contributed by atoms with Gasteiger partial charge >= 0.3 is 6.09 Å². The SMILES string of the molecule is C=C1CO[C@H](c2cc(F)c(F)cc2F)[C@@H](NC(=O)OC(C)(C)C)C1. The molecule has 4 nitrogen and oxygen atoms in total. The highest BCUT2D eigenvalue weighted by molar-refractivity contribution is 5.68. The van der Waals surface area contributed by atoms with E-state index in [0.717, 1.165) is 6.07 Å². The molecule has 132 valence electrons. The van der Waals surface area contributed by atoms with Gasteiger partial charge in [0.2, 0.25) is 0 Å². The van der Waals surface area contributed by atoms with Crippen LogP contribution in [0.3, 0.4) is 0 Å². The van der Waals surface area contributed by atoms with E-state index in [1.807, 2.05) is 0 Å². The summed E-state index contributed by atoms with van der Waals surface area (Å²) < 4.78 is 51.3. The minimum Gasteiger partial charge on any atom is -0.444 e. The quantitative estimate of drug-likeness (QED) is 0.652. The number of benzene rings is 1. The number of alkyl carbamates (subject to hydrolysis) is 1. The third-order valence-electron chi connectivity index (χ3n) is 3.39. The molecule has 1 heterocycles. The lowest BCUT2D eigenvalue weighted by molar-refractivity contribution is 0.00320. The summed E-state index contributed by atoms with van der Waals surface area (Å²) in [5.41, 5.74) is -0.183. The smallest absolute Gasteiger partial charge is 0.407 e. The van der Waals surface area contributed by atoms with Gasteiger partial charge in [-0.1, -0.05) is 6.58 Å². The number of rotatable bonds is 2. The van der Waals surface area contributed by atoms with Crippen molar-refractivity contribution in [1.29, 1.82) is 0 Å². The lowest BCUT2D eigenvalue weighted by atomic mass is 9.93. The zero-order chi connectivity index (χ0) is 18.1. The van der Waals surface area contributed by atoms with Gasteiger partial charge < -0.3 is 14.8 Å². The molecule has 24 heavy (non-hydrogen) atoms. The monoisotopic (exact) mass is 343 g/mol. The van der Waals surface area contributed by atoms with E-state index in [0.29, 0.717) is 18.1 Å². The van der Waals surface area contributed by atoms with Gasteiger partial charge in [-0.15, -0.1) is 0 Å². The summed E-state index contributed by atoms with van der Waals surface area (Å²) in [6, 6.07) is 0.496. The van der Waals surface area contributed by atoms with E-state index in [4.69, 9.17) is 9.47 Å². The molecule has 7 heteroatoms. The van der Waals surface area contributed by atoms with Crippen molar-refractivity contribution < 1.29 is 27.4 Å². The van der Waals surface area contributed by atoms with Crippen LogP contribution in [0.4, 0.5) is 18.0 Å². The number of nitrogens with one attached hydrogen (secondary N) is 1. The Labute approximate surface area is 138 Å². The van der Waals surface area contributed by atoms with Crippen LogP contribution in [0.2, 0.25) is 0 Å². The van der Waals surface area contributed by atoms with Gasteiger partial charge in [0.15, 0.2) is 11.6 Å². The minimum absolute atomic E-state index is 0.135. The van der Waals surface area contributed by atoms with Crippen molar-refractivity contribution >= 4 is 6.09 Å². The van der Waals surface area contributed by atoms with E-state index in [1.165, 1.54) is 0 Å². The Balaban J connectivity index is 2.25. The highest BCUT2D eigenvalue weighted by atomic mass is 19.2. The Morgan fingerprint density at radius 2 is 1.88 bits per heavy atom. The van der Waals surface area contributed by atoms with Crippen LogP contribution >= 0.6 is 0 Å². The highest BCUT2D eigenvalue weighted by Gasteiger charge is 2.34. The molecule has 0 spiro atoms. The van der Waals surface area contributed by atoms with Gasteiger partial charge in [-0.3, -0.25) is 0 Å². The van der Waals surface area contributed by atoms with E-state index >= 15 is 0 Å². The molecule has 1 aliphatic heterocycles. The van der Waals surface area contributed by atoms with Crippen LogP contribution in [0.5, 0.6) is 0 Å². The molecule has 1 saturated heterocycles. The fourth-order valence-electron chi connectivity index (χ4n) is 2.45. The van der Waals surface area contributed by atoms with Crippen molar-refractivity contribution in [1.82, 2.24) is 5.32 Å².